The summed E-state index contributed by atoms with van der Waals surface area (Å²) in [5, 5.41) is 8.50. The summed E-state index contributed by atoms with van der Waals surface area (Å²) in [6.07, 6.45) is 0. The molecule has 0 heterocycles. The molecule has 0 fully saturated rings. The first-order valence-corrected chi connectivity index (χ1v) is 9.10. The number of methoxy groups -OCH3 is 1. The predicted octanol–water partition coefficient (Wildman–Crippen LogP) is 3.54. The van der Waals surface area contributed by atoms with Crippen LogP contribution in [0.2, 0.25) is 5.02 Å². The van der Waals surface area contributed by atoms with Gasteiger partial charge in [-0.2, -0.15) is 5.90 Å². The molecule has 158 valence electrons. The Morgan fingerprint density at radius 2 is 1.47 bits per heavy atom. The number of oxime groups is 2. The summed E-state index contributed by atoms with van der Waals surface area (Å²) in [7, 11) is 4.01. The summed E-state index contributed by atoms with van der Waals surface area (Å²) in [5.74, 6) is 5.21. The van der Waals surface area contributed by atoms with Crippen LogP contribution in [0.1, 0.15) is 23.6 Å². The summed E-state index contributed by atoms with van der Waals surface area (Å²) in [4.78, 5) is 27.3. The molecule has 0 aliphatic rings. The van der Waals surface area contributed by atoms with Crippen molar-refractivity contribution in [2.24, 2.45) is 16.2 Å². The number of allylic oxidation sites excluding steroid dienone is 1. The van der Waals surface area contributed by atoms with Crippen LogP contribution in [0.4, 0.5) is 0 Å². The zero-order valence-electron chi connectivity index (χ0n) is 17.0. The number of rotatable bonds is 8. The first kappa shape index (κ1) is 22.9. The molecule has 0 aliphatic carbocycles. The van der Waals surface area contributed by atoms with Crippen molar-refractivity contribution in [3.05, 3.63) is 75.8 Å². The Kier molecular flexibility index (Phi) is 8.40. The van der Waals surface area contributed by atoms with Gasteiger partial charge in [0.15, 0.2) is 11.5 Å². The van der Waals surface area contributed by atoms with E-state index in [1.807, 2.05) is 0 Å². The van der Waals surface area contributed by atoms with Crippen LogP contribution in [0.25, 0.3) is 5.76 Å². The lowest BCUT2D eigenvalue weighted by Gasteiger charge is -2.16. The third-order valence-electron chi connectivity index (χ3n) is 4.10. The Balaban J connectivity index is 2.72. The summed E-state index contributed by atoms with van der Waals surface area (Å²) in [6.45, 7) is 1.76. The highest BCUT2D eigenvalue weighted by atomic mass is 35.5. The van der Waals surface area contributed by atoms with Gasteiger partial charge in [-0.25, -0.2) is 4.79 Å². The van der Waals surface area contributed by atoms with Gasteiger partial charge in [0.25, 0.3) is 0 Å². The summed E-state index contributed by atoms with van der Waals surface area (Å²) < 4.78 is 4.82. The molecule has 0 saturated heterocycles. The molecule has 0 radical (unpaired) electrons. The van der Waals surface area contributed by atoms with Gasteiger partial charge in [0.05, 0.1) is 7.11 Å². The first-order chi connectivity index (χ1) is 14.5. The van der Waals surface area contributed by atoms with E-state index in [2.05, 4.69) is 10.3 Å². The number of halogens is 1. The molecule has 0 aliphatic heterocycles. The lowest BCUT2D eigenvalue weighted by atomic mass is 9.95. The van der Waals surface area contributed by atoms with E-state index in [9.17, 15) is 4.79 Å². The van der Waals surface area contributed by atoms with Crippen molar-refractivity contribution in [3.63, 3.8) is 0 Å². The van der Waals surface area contributed by atoms with Crippen molar-refractivity contribution in [2.45, 2.75) is 6.92 Å². The van der Waals surface area contributed by atoms with E-state index in [-0.39, 0.29) is 11.5 Å². The van der Waals surface area contributed by atoms with Gasteiger partial charge in [-0.15, -0.1) is 0 Å². The second kappa shape index (κ2) is 11.0. The first-order valence-electron chi connectivity index (χ1n) is 8.72. The quantitative estimate of drug-likeness (QED) is 0.296. The fourth-order valence-electron chi connectivity index (χ4n) is 2.77. The molecule has 30 heavy (non-hydrogen) atoms. The third-order valence-corrected chi connectivity index (χ3v) is 4.35. The molecule has 0 bridgehead atoms. The van der Waals surface area contributed by atoms with Crippen LogP contribution in [0.15, 0.2) is 64.4 Å². The molecule has 0 unspecified atom stereocenters. The molecule has 2 rings (SSSR count). The zero-order valence-corrected chi connectivity index (χ0v) is 17.8. The van der Waals surface area contributed by atoms with Crippen LogP contribution >= 0.6 is 11.6 Å². The lowest BCUT2D eigenvalue weighted by Crippen LogP contribution is -2.20. The van der Waals surface area contributed by atoms with Crippen molar-refractivity contribution >= 4 is 34.8 Å². The number of esters is 1. The maximum absolute atomic E-state index is 12.2. The Morgan fingerprint density at radius 3 is 2.00 bits per heavy atom. The van der Waals surface area contributed by atoms with Crippen LogP contribution in [0, 0.1) is 0 Å². The molecule has 0 spiro atoms. The number of hydrogen-bond donors (Lipinski definition) is 1. The largest absolute Gasteiger partial charge is 0.464 e. The Labute approximate surface area is 179 Å². The highest BCUT2D eigenvalue weighted by Crippen LogP contribution is 2.27. The van der Waals surface area contributed by atoms with E-state index in [4.69, 9.17) is 36.7 Å². The van der Waals surface area contributed by atoms with Gasteiger partial charge < -0.3 is 19.2 Å². The van der Waals surface area contributed by atoms with E-state index in [1.165, 1.54) is 21.3 Å². The molecule has 0 aromatic heterocycles. The average molecular weight is 432 g/mol. The molecule has 2 N–H and O–H groups in total. The minimum absolute atomic E-state index is 0.0466. The van der Waals surface area contributed by atoms with Crippen molar-refractivity contribution in [3.8, 4) is 0 Å². The van der Waals surface area contributed by atoms with Gasteiger partial charge in [0.1, 0.15) is 19.9 Å². The Morgan fingerprint density at radius 1 is 0.900 bits per heavy atom. The monoisotopic (exact) mass is 431 g/mol. The van der Waals surface area contributed by atoms with Crippen molar-refractivity contribution in [1.82, 2.24) is 0 Å². The van der Waals surface area contributed by atoms with E-state index < -0.39 is 5.97 Å². The van der Waals surface area contributed by atoms with Crippen LogP contribution in [0.3, 0.4) is 0 Å². The minimum Gasteiger partial charge on any atom is -0.464 e. The SMILES string of the molecule is CON=C(C(C)=C(ON)c1ccccc1C(=NOC)C(=O)OC)c1ccc(Cl)cc1. The maximum Gasteiger partial charge on any atom is 0.360 e. The van der Waals surface area contributed by atoms with Crippen LogP contribution in [-0.2, 0) is 24.0 Å². The van der Waals surface area contributed by atoms with Crippen molar-refractivity contribution in [2.75, 3.05) is 21.3 Å². The number of carbonyl (C=O) groups is 1. The fourth-order valence-corrected chi connectivity index (χ4v) is 2.90. The zero-order chi connectivity index (χ0) is 22.1. The molecular formula is C21H22ClN3O5. The molecule has 0 saturated carbocycles. The van der Waals surface area contributed by atoms with Gasteiger partial charge in [-0.05, 0) is 19.1 Å². The second-order valence-corrected chi connectivity index (χ2v) is 6.30. The Hall–Kier alpha value is -3.36. The van der Waals surface area contributed by atoms with Crippen molar-refractivity contribution < 1.29 is 24.0 Å². The van der Waals surface area contributed by atoms with Gasteiger partial charge in [0, 0.05) is 27.3 Å². The van der Waals surface area contributed by atoms with Crippen LogP contribution in [-0.4, -0.2) is 38.7 Å². The van der Waals surface area contributed by atoms with E-state index in [0.29, 0.717) is 27.4 Å². The number of benzene rings is 2. The fraction of sp³-hybridized carbons (Fsp3) is 0.190. The van der Waals surface area contributed by atoms with E-state index in [0.717, 1.165) is 5.56 Å². The maximum atomic E-state index is 12.2. The number of nitrogens with zero attached hydrogens (tertiary/aromatic N) is 2. The number of nitrogens with two attached hydrogens (primary N) is 1. The van der Waals surface area contributed by atoms with Gasteiger partial charge in [-0.1, -0.05) is 58.3 Å². The average Bonchev–Trinajstić information content (AvgIpc) is 2.77. The molecule has 0 amide bonds. The summed E-state index contributed by atoms with van der Waals surface area (Å²) >= 11 is 5.99. The van der Waals surface area contributed by atoms with Crippen LogP contribution in [0.5, 0.6) is 0 Å². The van der Waals surface area contributed by atoms with Gasteiger partial charge >= 0.3 is 5.97 Å². The highest BCUT2D eigenvalue weighted by Gasteiger charge is 2.24. The minimum atomic E-state index is -0.679. The van der Waals surface area contributed by atoms with Gasteiger partial charge in [0.2, 0.25) is 0 Å². The van der Waals surface area contributed by atoms with E-state index in [1.54, 1.807) is 55.5 Å². The molecular weight excluding hydrogens is 410 g/mol. The number of hydrogen-bond acceptors (Lipinski definition) is 8. The molecule has 8 nitrogen and oxygen atoms in total. The smallest absolute Gasteiger partial charge is 0.360 e. The molecule has 2 aromatic carbocycles. The second-order valence-electron chi connectivity index (χ2n) is 5.86. The predicted molar refractivity (Wildman–Crippen MR) is 115 cm³/mol. The Bertz CT molecular complexity index is 984. The van der Waals surface area contributed by atoms with Crippen molar-refractivity contribution in [1.29, 1.82) is 0 Å². The normalized spacial score (nSPS) is 12.7. The molecule has 9 heteroatoms. The molecule has 2 aromatic rings. The third kappa shape index (κ3) is 5.16. The van der Waals surface area contributed by atoms with E-state index >= 15 is 0 Å². The molecule has 0 atom stereocenters. The van der Waals surface area contributed by atoms with Gasteiger partial charge in [-0.3, -0.25) is 0 Å². The topological polar surface area (TPSA) is 105 Å². The number of ether oxygens (including phenoxy) is 1. The summed E-state index contributed by atoms with van der Waals surface area (Å²) in [6, 6.07) is 13.9. The highest BCUT2D eigenvalue weighted by molar-refractivity contribution is 6.44. The standard InChI is InChI=1S/C21H22ClN3O5/c1-13(18(24-28-3)14-9-11-15(22)12-10-14)20(30-23)17-8-6-5-7-16(17)19(25-29-4)21(26)27-2/h5-12H,23H2,1-4H3. The number of carbonyl (C=O) groups excluding carboxylic acids is 1. The lowest BCUT2D eigenvalue weighted by molar-refractivity contribution is -0.132. The summed E-state index contributed by atoms with van der Waals surface area (Å²) in [5.41, 5.74) is 2.58. The van der Waals surface area contributed by atoms with Crippen LogP contribution < -0.4 is 5.90 Å².